The van der Waals surface area contributed by atoms with Gasteiger partial charge in [0.1, 0.15) is 0 Å². The number of rotatable bonds is 8. The number of hydrogen-bond donors (Lipinski definition) is 2. The SMILES string of the molecule is COCCNCCCCn1cc(F)c(=O)[nH]c1=O. The second kappa shape index (κ2) is 7.78. The minimum absolute atomic E-state index is 0.387. The number of halogens is 1. The number of nitrogens with zero attached hydrogens (tertiary/aromatic N) is 1. The zero-order chi connectivity index (χ0) is 13.4. The van der Waals surface area contributed by atoms with E-state index in [9.17, 15) is 14.0 Å². The number of unbranched alkanes of at least 4 members (excludes halogenated alkanes) is 1. The molecule has 102 valence electrons. The van der Waals surface area contributed by atoms with E-state index in [4.69, 9.17) is 4.74 Å². The molecule has 0 fully saturated rings. The molecule has 7 heteroatoms. The second-order valence-electron chi connectivity index (χ2n) is 3.88. The molecule has 1 aromatic rings. The lowest BCUT2D eigenvalue weighted by Crippen LogP contribution is -2.31. The molecular weight excluding hydrogens is 241 g/mol. The Hall–Kier alpha value is -1.47. The summed E-state index contributed by atoms with van der Waals surface area (Å²) in [5.74, 6) is -0.937. The fourth-order valence-electron chi connectivity index (χ4n) is 1.48. The van der Waals surface area contributed by atoms with Crippen LogP contribution in [0.4, 0.5) is 4.39 Å². The highest BCUT2D eigenvalue weighted by molar-refractivity contribution is 4.86. The smallest absolute Gasteiger partial charge is 0.328 e. The van der Waals surface area contributed by atoms with Gasteiger partial charge in [0.15, 0.2) is 0 Å². The van der Waals surface area contributed by atoms with Gasteiger partial charge in [-0.05, 0) is 19.4 Å². The lowest BCUT2D eigenvalue weighted by Gasteiger charge is -2.06. The van der Waals surface area contributed by atoms with Gasteiger partial charge >= 0.3 is 5.69 Å². The van der Waals surface area contributed by atoms with Crippen LogP contribution in [0.5, 0.6) is 0 Å². The van der Waals surface area contributed by atoms with Crippen LogP contribution in [0.1, 0.15) is 12.8 Å². The summed E-state index contributed by atoms with van der Waals surface area (Å²) in [6.45, 7) is 2.64. The van der Waals surface area contributed by atoms with Crippen LogP contribution in [-0.2, 0) is 11.3 Å². The second-order valence-corrected chi connectivity index (χ2v) is 3.88. The van der Waals surface area contributed by atoms with Crippen molar-refractivity contribution in [2.75, 3.05) is 26.8 Å². The van der Waals surface area contributed by atoms with Gasteiger partial charge in [-0.25, -0.2) is 4.79 Å². The van der Waals surface area contributed by atoms with E-state index >= 15 is 0 Å². The Labute approximate surface area is 104 Å². The molecule has 0 aromatic carbocycles. The van der Waals surface area contributed by atoms with Gasteiger partial charge in [-0.1, -0.05) is 0 Å². The molecule has 1 aromatic heterocycles. The zero-order valence-corrected chi connectivity index (χ0v) is 10.4. The van der Waals surface area contributed by atoms with Crippen molar-refractivity contribution >= 4 is 0 Å². The predicted molar refractivity (Wildman–Crippen MR) is 65.3 cm³/mol. The number of aryl methyl sites for hydroxylation is 1. The first-order valence-corrected chi connectivity index (χ1v) is 5.84. The molecule has 0 atom stereocenters. The highest BCUT2D eigenvalue weighted by Gasteiger charge is 2.02. The van der Waals surface area contributed by atoms with Crippen LogP contribution in [0.25, 0.3) is 0 Å². The molecule has 0 unspecified atom stereocenters. The molecule has 0 aliphatic carbocycles. The van der Waals surface area contributed by atoms with Crippen LogP contribution >= 0.6 is 0 Å². The quantitative estimate of drug-likeness (QED) is 0.628. The van der Waals surface area contributed by atoms with E-state index in [1.54, 1.807) is 7.11 Å². The zero-order valence-electron chi connectivity index (χ0n) is 10.4. The first-order chi connectivity index (χ1) is 8.65. The molecule has 0 radical (unpaired) electrons. The molecular formula is C11H18FN3O3. The van der Waals surface area contributed by atoms with E-state index in [0.29, 0.717) is 13.2 Å². The molecule has 6 nitrogen and oxygen atoms in total. The summed E-state index contributed by atoms with van der Waals surface area (Å²) in [4.78, 5) is 24.0. The molecule has 0 bridgehead atoms. The topological polar surface area (TPSA) is 76.1 Å². The van der Waals surface area contributed by atoms with E-state index < -0.39 is 17.1 Å². The van der Waals surface area contributed by atoms with Gasteiger partial charge in [0, 0.05) is 20.2 Å². The van der Waals surface area contributed by atoms with E-state index in [1.807, 2.05) is 4.98 Å². The Bertz CT molecular complexity index is 469. The van der Waals surface area contributed by atoms with Crippen molar-refractivity contribution in [1.82, 2.24) is 14.9 Å². The van der Waals surface area contributed by atoms with Gasteiger partial charge in [-0.15, -0.1) is 0 Å². The number of aromatic nitrogens is 2. The van der Waals surface area contributed by atoms with E-state index in [-0.39, 0.29) is 0 Å². The van der Waals surface area contributed by atoms with Crippen LogP contribution in [0, 0.1) is 5.82 Å². The minimum Gasteiger partial charge on any atom is -0.383 e. The van der Waals surface area contributed by atoms with Crippen LogP contribution in [0.15, 0.2) is 15.8 Å². The molecule has 1 rings (SSSR count). The third kappa shape index (κ3) is 4.80. The normalized spacial score (nSPS) is 10.8. The molecule has 0 spiro atoms. The number of nitrogens with one attached hydrogen (secondary N) is 2. The summed E-state index contributed by atoms with van der Waals surface area (Å²) in [5.41, 5.74) is -1.55. The summed E-state index contributed by atoms with van der Waals surface area (Å²) in [7, 11) is 1.64. The average molecular weight is 259 g/mol. The predicted octanol–water partition coefficient (Wildman–Crippen LogP) is -0.308. The molecule has 0 saturated heterocycles. The molecule has 18 heavy (non-hydrogen) atoms. The average Bonchev–Trinajstić information content (AvgIpc) is 2.34. The Morgan fingerprint density at radius 2 is 2.17 bits per heavy atom. The minimum atomic E-state index is -0.975. The Balaban J connectivity index is 2.30. The molecule has 1 heterocycles. The van der Waals surface area contributed by atoms with Gasteiger partial charge < -0.3 is 10.1 Å². The molecule has 0 aliphatic rings. The largest absolute Gasteiger partial charge is 0.383 e. The third-order valence-corrected chi connectivity index (χ3v) is 2.45. The fraction of sp³-hybridized carbons (Fsp3) is 0.636. The summed E-state index contributed by atoms with van der Waals surface area (Å²) in [6.07, 6.45) is 2.53. The molecule has 0 saturated carbocycles. The van der Waals surface area contributed by atoms with Crippen molar-refractivity contribution in [2.24, 2.45) is 0 Å². The van der Waals surface area contributed by atoms with Crippen LogP contribution < -0.4 is 16.6 Å². The van der Waals surface area contributed by atoms with Gasteiger partial charge in [0.2, 0.25) is 5.82 Å². The first kappa shape index (κ1) is 14.6. The Morgan fingerprint density at radius 1 is 1.39 bits per heavy atom. The third-order valence-electron chi connectivity index (χ3n) is 2.45. The number of methoxy groups -OCH3 is 1. The van der Waals surface area contributed by atoms with E-state index in [0.717, 1.165) is 32.1 Å². The van der Waals surface area contributed by atoms with Gasteiger partial charge in [0.05, 0.1) is 12.8 Å². The maximum Gasteiger partial charge on any atom is 0.328 e. The Morgan fingerprint density at radius 3 is 2.89 bits per heavy atom. The molecule has 0 aliphatic heterocycles. The highest BCUT2D eigenvalue weighted by atomic mass is 19.1. The highest BCUT2D eigenvalue weighted by Crippen LogP contribution is 1.92. The van der Waals surface area contributed by atoms with E-state index in [1.165, 1.54) is 4.57 Å². The summed E-state index contributed by atoms with van der Waals surface area (Å²) in [6, 6.07) is 0. The summed E-state index contributed by atoms with van der Waals surface area (Å²) < 4.78 is 19.0. The number of aromatic amines is 1. The monoisotopic (exact) mass is 259 g/mol. The lowest BCUT2D eigenvalue weighted by molar-refractivity contribution is 0.199. The van der Waals surface area contributed by atoms with Gasteiger partial charge in [0.25, 0.3) is 5.56 Å². The van der Waals surface area contributed by atoms with Crippen LogP contribution in [-0.4, -0.2) is 36.4 Å². The lowest BCUT2D eigenvalue weighted by atomic mass is 10.3. The van der Waals surface area contributed by atoms with Crippen molar-refractivity contribution in [3.05, 3.63) is 32.9 Å². The van der Waals surface area contributed by atoms with Crippen LogP contribution in [0.3, 0.4) is 0 Å². The summed E-state index contributed by atoms with van der Waals surface area (Å²) in [5, 5.41) is 3.16. The Kier molecular flexibility index (Phi) is 6.31. The van der Waals surface area contributed by atoms with Gasteiger partial charge in [-0.3, -0.25) is 14.3 Å². The van der Waals surface area contributed by atoms with Crippen molar-refractivity contribution in [3.63, 3.8) is 0 Å². The number of H-pyrrole nitrogens is 1. The van der Waals surface area contributed by atoms with E-state index in [2.05, 4.69) is 5.32 Å². The fourth-order valence-corrected chi connectivity index (χ4v) is 1.48. The number of ether oxygens (including phenoxy) is 1. The molecule has 0 amide bonds. The molecule has 2 N–H and O–H groups in total. The maximum absolute atomic E-state index is 12.9. The van der Waals surface area contributed by atoms with Gasteiger partial charge in [-0.2, -0.15) is 4.39 Å². The number of hydrogen-bond acceptors (Lipinski definition) is 4. The first-order valence-electron chi connectivity index (χ1n) is 5.84. The maximum atomic E-state index is 12.9. The summed E-state index contributed by atoms with van der Waals surface area (Å²) >= 11 is 0. The van der Waals surface area contributed by atoms with Crippen molar-refractivity contribution in [3.8, 4) is 0 Å². The van der Waals surface area contributed by atoms with Crippen molar-refractivity contribution < 1.29 is 9.13 Å². The standard InChI is InChI=1S/C11H18FN3O3/c1-18-7-5-13-4-2-3-6-15-8-9(12)10(16)14-11(15)17/h8,13H,2-7H2,1H3,(H,14,16,17). The van der Waals surface area contributed by atoms with Crippen molar-refractivity contribution in [2.45, 2.75) is 19.4 Å². The van der Waals surface area contributed by atoms with Crippen LogP contribution in [0.2, 0.25) is 0 Å². The van der Waals surface area contributed by atoms with Crippen molar-refractivity contribution in [1.29, 1.82) is 0 Å².